The summed E-state index contributed by atoms with van der Waals surface area (Å²) in [5.74, 6) is -1.27. The summed E-state index contributed by atoms with van der Waals surface area (Å²) in [6.07, 6.45) is 2.95. The van der Waals surface area contributed by atoms with Crippen LogP contribution in [-0.2, 0) is 9.53 Å². The van der Waals surface area contributed by atoms with Gasteiger partial charge in [0.05, 0.1) is 19.4 Å². The lowest BCUT2D eigenvalue weighted by Crippen LogP contribution is -2.56. The van der Waals surface area contributed by atoms with E-state index < -0.39 is 5.78 Å². The minimum absolute atomic E-state index is 0.0485. The Bertz CT molecular complexity index is 1300. The Labute approximate surface area is 196 Å². The maximum atomic E-state index is 13.7. The van der Waals surface area contributed by atoms with E-state index in [2.05, 4.69) is 4.90 Å². The molecule has 5 rings (SSSR count). The minimum Gasteiger partial charge on any atom is -0.507 e. The van der Waals surface area contributed by atoms with Gasteiger partial charge in [-0.2, -0.15) is 0 Å². The largest absolute Gasteiger partial charge is 0.507 e. The van der Waals surface area contributed by atoms with Crippen LogP contribution in [0.3, 0.4) is 0 Å². The monoisotopic (exact) mass is 462 g/mol. The lowest BCUT2D eigenvalue weighted by Gasteiger charge is -2.44. The number of ketones is 1. The number of piperidine rings is 1. The van der Waals surface area contributed by atoms with Gasteiger partial charge in [0.2, 0.25) is 5.78 Å². The van der Waals surface area contributed by atoms with Crippen LogP contribution in [0.4, 0.5) is 0 Å². The number of phenols is 2. The van der Waals surface area contributed by atoms with Gasteiger partial charge in [-0.3, -0.25) is 19.3 Å². The number of hydrogen-bond donors (Lipinski definition) is 2. The van der Waals surface area contributed by atoms with Gasteiger partial charge < -0.3 is 19.8 Å². The molecule has 0 aromatic heterocycles. The predicted octanol–water partition coefficient (Wildman–Crippen LogP) is 3.07. The van der Waals surface area contributed by atoms with E-state index in [4.69, 9.17) is 4.74 Å². The molecular formula is C26H26N2O6. The summed E-state index contributed by atoms with van der Waals surface area (Å²) in [4.78, 5) is 41.9. The number of nitrogens with zero attached hydrogens (tertiary/aromatic N) is 2. The van der Waals surface area contributed by atoms with E-state index in [1.54, 1.807) is 24.3 Å². The summed E-state index contributed by atoms with van der Waals surface area (Å²) >= 11 is 0. The summed E-state index contributed by atoms with van der Waals surface area (Å²) in [6.45, 7) is 3.37. The van der Waals surface area contributed by atoms with Gasteiger partial charge in [-0.05, 0) is 54.3 Å². The van der Waals surface area contributed by atoms with Crippen molar-refractivity contribution < 1.29 is 29.3 Å². The van der Waals surface area contributed by atoms with Crippen LogP contribution < -0.4 is 0 Å². The number of aromatic hydroxyl groups is 2. The number of carbonyl (C=O) groups excluding carboxylic acids is 3. The molecular weight excluding hydrogens is 436 g/mol. The smallest absolute Gasteiger partial charge is 0.255 e. The zero-order valence-electron chi connectivity index (χ0n) is 18.7. The van der Waals surface area contributed by atoms with Crippen LogP contribution in [0.15, 0.2) is 36.4 Å². The maximum Gasteiger partial charge on any atom is 0.255 e. The lowest BCUT2D eigenvalue weighted by atomic mass is 9.92. The van der Waals surface area contributed by atoms with Crippen molar-refractivity contribution >= 4 is 39.5 Å². The molecule has 0 spiro atoms. The molecule has 2 aliphatic rings. The Hall–Kier alpha value is -3.49. The van der Waals surface area contributed by atoms with Crippen molar-refractivity contribution in [2.45, 2.75) is 25.4 Å². The number of aldehydes is 1. The predicted molar refractivity (Wildman–Crippen MR) is 126 cm³/mol. The third-order valence-corrected chi connectivity index (χ3v) is 6.87. The Morgan fingerprint density at radius 3 is 2.44 bits per heavy atom. The molecule has 34 heavy (non-hydrogen) atoms. The number of ether oxygens (including phenoxy) is 1. The zero-order valence-corrected chi connectivity index (χ0v) is 18.7. The van der Waals surface area contributed by atoms with Gasteiger partial charge >= 0.3 is 0 Å². The number of carbonyl (C=O) groups is 3. The molecule has 2 fully saturated rings. The highest BCUT2D eigenvalue weighted by Crippen LogP contribution is 2.38. The van der Waals surface area contributed by atoms with E-state index in [-0.39, 0.29) is 41.0 Å². The maximum absolute atomic E-state index is 13.7. The molecule has 2 saturated heterocycles. The minimum atomic E-state index is -0.783. The number of rotatable bonds is 4. The fourth-order valence-corrected chi connectivity index (χ4v) is 5.23. The molecule has 3 aromatic rings. The van der Waals surface area contributed by atoms with Gasteiger partial charge in [0.25, 0.3) is 5.91 Å². The molecule has 8 heteroatoms. The van der Waals surface area contributed by atoms with E-state index in [1.807, 2.05) is 4.90 Å². The summed E-state index contributed by atoms with van der Waals surface area (Å²) in [5, 5.41) is 22.5. The van der Waals surface area contributed by atoms with Crippen molar-refractivity contribution in [2.75, 3.05) is 32.8 Å². The lowest BCUT2D eigenvalue weighted by molar-refractivity contribution is -0.104. The summed E-state index contributed by atoms with van der Waals surface area (Å²) in [6, 6.07) is 9.23. The Morgan fingerprint density at radius 1 is 0.912 bits per heavy atom. The highest BCUT2D eigenvalue weighted by Gasteiger charge is 2.33. The molecule has 8 nitrogen and oxygen atoms in total. The van der Waals surface area contributed by atoms with Crippen LogP contribution in [0.25, 0.3) is 21.5 Å². The topological polar surface area (TPSA) is 107 Å². The van der Waals surface area contributed by atoms with E-state index in [0.29, 0.717) is 41.3 Å². The van der Waals surface area contributed by atoms with Gasteiger partial charge in [0, 0.05) is 41.5 Å². The van der Waals surface area contributed by atoms with E-state index >= 15 is 0 Å². The Morgan fingerprint density at radius 2 is 1.68 bits per heavy atom. The number of hydrogen-bond acceptors (Lipinski definition) is 7. The third kappa shape index (κ3) is 3.78. The van der Waals surface area contributed by atoms with Gasteiger partial charge in [-0.15, -0.1) is 0 Å². The first kappa shape index (κ1) is 22.3. The second-order valence-electron chi connectivity index (χ2n) is 8.82. The molecule has 2 heterocycles. The standard InChI is InChI=1S/C26H26N2O6/c29-15-23(32)25-17-4-3-5-21(30)18(17)14-19-20(25)12-16(13-22(19)31)26(33)28-7-2-1-6-24(28)27-8-10-34-11-9-27/h3-5,12-15,24,30-31H,1-2,6-11H2. The molecule has 1 atom stereocenters. The van der Waals surface area contributed by atoms with Crippen LogP contribution in [0.1, 0.15) is 40.0 Å². The summed E-state index contributed by atoms with van der Waals surface area (Å²) in [7, 11) is 0. The molecule has 1 amide bonds. The molecule has 3 aromatic carbocycles. The molecule has 1 unspecified atom stereocenters. The highest BCUT2D eigenvalue weighted by molar-refractivity contribution is 6.40. The van der Waals surface area contributed by atoms with Crippen LogP contribution in [0.5, 0.6) is 11.5 Å². The molecule has 0 saturated carbocycles. The van der Waals surface area contributed by atoms with Crippen LogP contribution in [0.2, 0.25) is 0 Å². The molecule has 2 N–H and O–H groups in total. The molecule has 176 valence electrons. The number of amides is 1. The van der Waals surface area contributed by atoms with Gasteiger partial charge in [0.1, 0.15) is 11.5 Å². The number of benzene rings is 3. The number of Topliss-reactive ketones (excluding diaryl/α,β-unsaturated/α-hetero) is 1. The van der Waals surface area contributed by atoms with E-state index in [9.17, 15) is 24.6 Å². The van der Waals surface area contributed by atoms with Crippen molar-refractivity contribution in [3.05, 3.63) is 47.5 Å². The molecule has 0 radical (unpaired) electrons. The summed E-state index contributed by atoms with van der Waals surface area (Å²) < 4.78 is 5.47. The Balaban J connectivity index is 1.64. The first-order valence-electron chi connectivity index (χ1n) is 11.5. The second-order valence-corrected chi connectivity index (χ2v) is 8.82. The summed E-state index contributed by atoms with van der Waals surface area (Å²) in [5.41, 5.74) is 0.316. The average molecular weight is 463 g/mol. The number of morpholine rings is 1. The molecule has 0 bridgehead atoms. The van der Waals surface area contributed by atoms with Crippen LogP contribution in [0, 0.1) is 0 Å². The van der Waals surface area contributed by atoms with Crippen molar-refractivity contribution in [2.24, 2.45) is 0 Å². The van der Waals surface area contributed by atoms with Crippen molar-refractivity contribution in [1.82, 2.24) is 9.80 Å². The van der Waals surface area contributed by atoms with E-state index in [1.165, 1.54) is 12.1 Å². The van der Waals surface area contributed by atoms with Crippen molar-refractivity contribution in [3.63, 3.8) is 0 Å². The van der Waals surface area contributed by atoms with Crippen molar-refractivity contribution in [1.29, 1.82) is 0 Å². The highest BCUT2D eigenvalue weighted by atomic mass is 16.5. The number of likely N-dealkylation sites (tertiary alicyclic amines) is 1. The van der Waals surface area contributed by atoms with Crippen LogP contribution >= 0.6 is 0 Å². The van der Waals surface area contributed by atoms with Gasteiger partial charge in [-0.25, -0.2) is 0 Å². The van der Waals surface area contributed by atoms with Gasteiger partial charge in [-0.1, -0.05) is 12.1 Å². The quantitative estimate of drug-likeness (QED) is 0.266. The third-order valence-electron chi connectivity index (χ3n) is 6.87. The fraction of sp³-hybridized carbons (Fsp3) is 0.346. The Kier molecular flexibility index (Phi) is 5.93. The van der Waals surface area contributed by atoms with E-state index in [0.717, 1.165) is 32.4 Å². The SMILES string of the molecule is O=CC(=O)c1c2cccc(O)c2cc2c(O)cc(C(=O)N3CCCCC3N3CCOCC3)cc12. The normalized spacial score (nSPS) is 19.4. The molecule has 2 aliphatic heterocycles. The fourth-order valence-electron chi connectivity index (χ4n) is 5.23. The first-order chi connectivity index (χ1) is 16.5. The zero-order chi connectivity index (χ0) is 23.8. The number of phenolic OH excluding ortho intramolecular Hbond substituents is 2. The van der Waals surface area contributed by atoms with Crippen molar-refractivity contribution in [3.8, 4) is 11.5 Å². The van der Waals surface area contributed by atoms with Crippen LogP contribution in [-0.4, -0.2) is 77.0 Å². The average Bonchev–Trinajstić information content (AvgIpc) is 2.87. The first-order valence-corrected chi connectivity index (χ1v) is 11.5. The second kappa shape index (κ2) is 9.04. The molecule has 0 aliphatic carbocycles. The van der Waals surface area contributed by atoms with Gasteiger partial charge in [0.15, 0.2) is 6.29 Å². The number of fused-ring (bicyclic) bond motifs is 2.